The molecule has 0 amide bonds. The van der Waals surface area contributed by atoms with Crippen LogP contribution in [-0.4, -0.2) is 18.8 Å². The summed E-state index contributed by atoms with van der Waals surface area (Å²) in [5, 5.41) is 0.769. The molecule has 15 heavy (non-hydrogen) atoms. The van der Waals surface area contributed by atoms with Gasteiger partial charge in [0.05, 0.1) is 6.61 Å². The number of ether oxygens (including phenoxy) is 1. The van der Waals surface area contributed by atoms with E-state index in [0.717, 1.165) is 24.5 Å². The van der Waals surface area contributed by atoms with E-state index in [2.05, 4.69) is 6.07 Å². The van der Waals surface area contributed by atoms with Gasteiger partial charge in [-0.05, 0) is 30.5 Å². The maximum absolute atomic E-state index is 6.17. The van der Waals surface area contributed by atoms with Crippen LogP contribution < -0.4 is 5.73 Å². The lowest BCUT2D eigenvalue weighted by Gasteiger charge is -2.21. The average molecular weight is 248 g/mol. The number of halogens is 2. The van der Waals surface area contributed by atoms with Gasteiger partial charge in [0, 0.05) is 17.2 Å². The molecule has 4 heteroatoms. The van der Waals surface area contributed by atoms with Gasteiger partial charge < -0.3 is 10.5 Å². The molecule has 1 heterocycles. The van der Waals surface area contributed by atoms with Crippen LogP contribution in [0.3, 0.4) is 0 Å². The maximum Gasteiger partial charge on any atom is 0.0650 e. The highest BCUT2D eigenvalue weighted by Crippen LogP contribution is 2.22. The second kappa shape index (κ2) is 5.17. The molecule has 1 unspecified atom stereocenters. The fourth-order valence-electron chi connectivity index (χ4n) is 1.82. The summed E-state index contributed by atoms with van der Waals surface area (Å²) in [4.78, 5) is 0. The zero-order chi connectivity index (χ0) is 10.0. The summed E-state index contributed by atoms with van der Waals surface area (Å²) in [5.74, 6) is 0. The maximum atomic E-state index is 6.17. The van der Waals surface area contributed by atoms with Crippen molar-refractivity contribution in [3.8, 4) is 0 Å². The minimum absolute atomic E-state index is 0. The van der Waals surface area contributed by atoms with Crippen molar-refractivity contribution in [2.45, 2.75) is 18.4 Å². The van der Waals surface area contributed by atoms with Crippen molar-refractivity contribution in [2.75, 3.05) is 13.2 Å². The van der Waals surface area contributed by atoms with Gasteiger partial charge in [-0.1, -0.05) is 23.7 Å². The summed E-state index contributed by atoms with van der Waals surface area (Å²) in [6, 6.07) is 7.85. The molecule has 2 nitrogen and oxygen atoms in total. The van der Waals surface area contributed by atoms with Crippen LogP contribution in [0, 0.1) is 0 Å². The molecule has 0 spiro atoms. The quantitative estimate of drug-likeness (QED) is 0.872. The van der Waals surface area contributed by atoms with Crippen molar-refractivity contribution in [3.05, 3.63) is 34.9 Å². The van der Waals surface area contributed by atoms with E-state index >= 15 is 0 Å². The largest absolute Gasteiger partial charge is 0.379 e. The second-order valence-corrected chi connectivity index (χ2v) is 4.41. The highest BCUT2D eigenvalue weighted by molar-refractivity contribution is 6.30. The van der Waals surface area contributed by atoms with Crippen LogP contribution in [0.25, 0.3) is 0 Å². The molecular weight excluding hydrogens is 233 g/mol. The molecular formula is C11H15Cl2NO. The predicted molar refractivity (Wildman–Crippen MR) is 64.8 cm³/mol. The lowest BCUT2D eigenvalue weighted by Crippen LogP contribution is -2.42. The van der Waals surface area contributed by atoms with E-state index in [4.69, 9.17) is 22.1 Å². The standard InChI is InChI=1S/C11H14ClNO.ClH/c12-10-3-1-2-9(6-10)7-11(13)4-5-14-8-11;/h1-3,6H,4-5,7-8,13H2;1H. The summed E-state index contributed by atoms with van der Waals surface area (Å²) in [6.45, 7) is 1.43. The molecule has 0 saturated carbocycles. The van der Waals surface area contributed by atoms with Crippen molar-refractivity contribution in [2.24, 2.45) is 5.73 Å². The van der Waals surface area contributed by atoms with Gasteiger partial charge in [0.1, 0.15) is 0 Å². The topological polar surface area (TPSA) is 35.2 Å². The average Bonchev–Trinajstić information content (AvgIpc) is 2.51. The minimum atomic E-state index is -0.190. The summed E-state index contributed by atoms with van der Waals surface area (Å²) in [6.07, 6.45) is 1.77. The SMILES string of the molecule is Cl.NC1(Cc2cccc(Cl)c2)CCOC1. The van der Waals surface area contributed by atoms with Crippen molar-refractivity contribution in [1.82, 2.24) is 0 Å². The van der Waals surface area contributed by atoms with Crippen molar-refractivity contribution in [1.29, 1.82) is 0 Å². The molecule has 84 valence electrons. The van der Waals surface area contributed by atoms with Gasteiger partial charge in [-0.15, -0.1) is 12.4 Å². The third-order valence-electron chi connectivity index (χ3n) is 2.58. The number of benzene rings is 1. The molecule has 0 aliphatic carbocycles. The smallest absolute Gasteiger partial charge is 0.0650 e. The van der Waals surface area contributed by atoms with Gasteiger partial charge in [-0.2, -0.15) is 0 Å². The first-order valence-electron chi connectivity index (χ1n) is 4.79. The summed E-state index contributed by atoms with van der Waals surface area (Å²) >= 11 is 5.90. The van der Waals surface area contributed by atoms with Crippen LogP contribution in [0.1, 0.15) is 12.0 Å². The highest BCUT2D eigenvalue weighted by Gasteiger charge is 2.30. The Labute approximate surface area is 101 Å². The molecule has 2 rings (SSSR count). The van der Waals surface area contributed by atoms with Crippen LogP contribution >= 0.6 is 24.0 Å². The van der Waals surface area contributed by atoms with Crippen LogP contribution in [0.4, 0.5) is 0 Å². The first-order valence-corrected chi connectivity index (χ1v) is 5.17. The number of hydrogen-bond donors (Lipinski definition) is 1. The number of rotatable bonds is 2. The van der Waals surface area contributed by atoms with Crippen LogP contribution in [-0.2, 0) is 11.2 Å². The molecule has 0 radical (unpaired) electrons. The third-order valence-corrected chi connectivity index (χ3v) is 2.81. The molecule has 0 aromatic heterocycles. The zero-order valence-corrected chi connectivity index (χ0v) is 9.98. The number of hydrogen-bond acceptors (Lipinski definition) is 2. The molecule has 1 aliphatic rings. The Hall–Kier alpha value is -0.280. The molecule has 1 aliphatic heterocycles. The Kier molecular flexibility index (Phi) is 4.41. The predicted octanol–water partition coefficient (Wildman–Crippen LogP) is 2.42. The minimum Gasteiger partial charge on any atom is -0.379 e. The van der Waals surface area contributed by atoms with E-state index < -0.39 is 0 Å². The Bertz CT molecular complexity index is 324. The van der Waals surface area contributed by atoms with Gasteiger partial charge in [0.2, 0.25) is 0 Å². The zero-order valence-electron chi connectivity index (χ0n) is 8.41. The fourth-order valence-corrected chi connectivity index (χ4v) is 2.03. The van der Waals surface area contributed by atoms with E-state index in [0.29, 0.717) is 6.61 Å². The molecule has 1 saturated heterocycles. The molecule has 1 aromatic rings. The third kappa shape index (κ3) is 3.35. The number of nitrogens with two attached hydrogens (primary N) is 1. The van der Waals surface area contributed by atoms with Gasteiger partial charge >= 0.3 is 0 Å². The van der Waals surface area contributed by atoms with E-state index in [9.17, 15) is 0 Å². The normalized spacial score (nSPS) is 24.9. The van der Waals surface area contributed by atoms with Gasteiger partial charge in [-0.25, -0.2) is 0 Å². The summed E-state index contributed by atoms with van der Waals surface area (Å²) in [7, 11) is 0. The fraction of sp³-hybridized carbons (Fsp3) is 0.455. The Morgan fingerprint density at radius 1 is 1.47 bits per heavy atom. The first kappa shape index (κ1) is 12.8. The monoisotopic (exact) mass is 247 g/mol. The van der Waals surface area contributed by atoms with Crippen molar-refractivity contribution < 1.29 is 4.74 Å². The van der Waals surface area contributed by atoms with E-state index in [-0.39, 0.29) is 17.9 Å². The van der Waals surface area contributed by atoms with Crippen LogP contribution in [0.2, 0.25) is 5.02 Å². The summed E-state index contributed by atoms with van der Waals surface area (Å²) in [5.41, 5.74) is 7.17. The lowest BCUT2D eigenvalue weighted by molar-refractivity contribution is 0.178. The Balaban J connectivity index is 0.00000112. The molecule has 2 N–H and O–H groups in total. The first-order chi connectivity index (χ1) is 6.68. The molecule has 0 bridgehead atoms. The van der Waals surface area contributed by atoms with Crippen molar-refractivity contribution in [3.63, 3.8) is 0 Å². The van der Waals surface area contributed by atoms with Gasteiger partial charge in [0.25, 0.3) is 0 Å². The molecule has 1 fully saturated rings. The van der Waals surface area contributed by atoms with Crippen LogP contribution in [0.15, 0.2) is 24.3 Å². The second-order valence-electron chi connectivity index (χ2n) is 3.97. The van der Waals surface area contributed by atoms with Gasteiger partial charge in [0.15, 0.2) is 0 Å². The van der Waals surface area contributed by atoms with E-state index in [1.54, 1.807) is 0 Å². The molecule has 1 aromatic carbocycles. The summed E-state index contributed by atoms with van der Waals surface area (Å²) < 4.78 is 5.30. The van der Waals surface area contributed by atoms with E-state index in [1.165, 1.54) is 5.56 Å². The lowest BCUT2D eigenvalue weighted by atomic mass is 9.91. The van der Waals surface area contributed by atoms with Crippen LogP contribution in [0.5, 0.6) is 0 Å². The highest BCUT2D eigenvalue weighted by atomic mass is 35.5. The van der Waals surface area contributed by atoms with Gasteiger partial charge in [-0.3, -0.25) is 0 Å². The Morgan fingerprint density at radius 2 is 2.27 bits per heavy atom. The Morgan fingerprint density at radius 3 is 2.87 bits per heavy atom. The van der Waals surface area contributed by atoms with Crippen molar-refractivity contribution >= 4 is 24.0 Å². The van der Waals surface area contributed by atoms with E-state index in [1.807, 2.05) is 18.2 Å². The molecule has 1 atom stereocenters.